The summed E-state index contributed by atoms with van der Waals surface area (Å²) in [6.45, 7) is 10.3. The summed E-state index contributed by atoms with van der Waals surface area (Å²) in [6, 6.07) is 0. The quantitative estimate of drug-likeness (QED) is 0.501. The molecule has 16 heavy (non-hydrogen) atoms. The number of nitrogens with zero attached hydrogens (tertiary/aromatic N) is 1. The van der Waals surface area contributed by atoms with Gasteiger partial charge in [0, 0.05) is 7.11 Å². The molecular formula is C14H31NO. The SMILES string of the molecule is CCCC(CCCCCN(CC)CC)OC. The van der Waals surface area contributed by atoms with Crippen molar-refractivity contribution in [1.29, 1.82) is 0 Å². The topological polar surface area (TPSA) is 12.5 Å². The summed E-state index contributed by atoms with van der Waals surface area (Å²) in [5, 5.41) is 0. The summed E-state index contributed by atoms with van der Waals surface area (Å²) in [7, 11) is 1.84. The summed E-state index contributed by atoms with van der Waals surface area (Å²) in [5.41, 5.74) is 0. The van der Waals surface area contributed by atoms with Crippen LogP contribution >= 0.6 is 0 Å². The normalized spacial score (nSPS) is 13.3. The average molecular weight is 229 g/mol. The maximum absolute atomic E-state index is 5.45. The average Bonchev–Trinajstić information content (AvgIpc) is 2.32. The zero-order valence-corrected chi connectivity index (χ0v) is 11.8. The molecule has 1 atom stereocenters. The van der Waals surface area contributed by atoms with E-state index in [4.69, 9.17) is 4.74 Å². The second-order valence-electron chi connectivity index (χ2n) is 4.52. The van der Waals surface area contributed by atoms with Gasteiger partial charge in [-0.25, -0.2) is 0 Å². The van der Waals surface area contributed by atoms with Crippen LogP contribution in [0, 0.1) is 0 Å². The van der Waals surface area contributed by atoms with Gasteiger partial charge in [-0.15, -0.1) is 0 Å². The fourth-order valence-corrected chi connectivity index (χ4v) is 2.13. The Balaban J connectivity index is 3.37. The second-order valence-corrected chi connectivity index (χ2v) is 4.52. The molecule has 0 aromatic carbocycles. The van der Waals surface area contributed by atoms with Gasteiger partial charge in [0.1, 0.15) is 0 Å². The first-order valence-electron chi connectivity index (χ1n) is 7.03. The van der Waals surface area contributed by atoms with Crippen LogP contribution in [0.25, 0.3) is 0 Å². The Morgan fingerprint density at radius 2 is 1.62 bits per heavy atom. The molecule has 0 aliphatic heterocycles. The fraction of sp³-hybridized carbons (Fsp3) is 1.00. The first-order chi connectivity index (χ1) is 7.78. The van der Waals surface area contributed by atoms with E-state index < -0.39 is 0 Å². The summed E-state index contributed by atoms with van der Waals surface area (Å²) in [5.74, 6) is 0. The van der Waals surface area contributed by atoms with Crippen LogP contribution in [0.1, 0.15) is 59.3 Å². The lowest BCUT2D eigenvalue weighted by Crippen LogP contribution is -2.23. The minimum atomic E-state index is 0.499. The third-order valence-electron chi connectivity index (χ3n) is 3.34. The molecule has 0 aliphatic carbocycles. The Morgan fingerprint density at radius 1 is 0.938 bits per heavy atom. The van der Waals surface area contributed by atoms with Crippen molar-refractivity contribution in [1.82, 2.24) is 4.90 Å². The van der Waals surface area contributed by atoms with Crippen LogP contribution in [-0.4, -0.2) is 37.7 Å². The highest BCUT2D eigenvalue weighted by Crippen LogP contribution is 2.11. The Kier molecular flexibility index (Phi) is 11.3. The molecule has 0 heterocycles. The van der Waals surface area contributed by atoms with Crippen molar-refractivity contribution in [2.24, 2.45) is 0 Å². The van der Waals surface area contributed by atoms with Crippen molar-refractivity contribution in [2.75, 3.05) is 26.7 Å². The standard InChI is InChI=1S/C14H31NO/c1-5-11-14(16-4)12-9-8-10-13-15(6-2)7-3/h14H,5-13H2,1-4H3. The largest absolute Gasteiger partial charge is 0.381 e. The Morgan fingerprint density at radius 3 is 2.12 bits per heavy atom. The van der Waals surface area contributed by atoms with E-state index >= 15 is 0 Å². The van der Waals surface area contributed by atoms with Crippen LogP contribution in [0.2, 0.25) is 0 Å². The van der Waals surface area contributed by atoms with E-state index in [1.54, 1.807) is 0 Å². The lowest BCUT2D eigenvalue weighted by molar-refractivity contribution is 0.0847. The van der Waals surface area contributed by atoms with Crippen LogP contribution in [0.15, 0.2) is 0 Å². The van der Waals surface area contributed by atoms with Gasteiger partial charge in [0.2, 0.25) is 0 Å². The van der Waals surface area contributed by atoms with Crippen molar-refractivity contribution in [2.45, 2.75) is 65.4 Å². The van der Waals surface area contributed by atoms with E-state index in [9.17, 15) is 0 Å². The fourth-order valence-electron chi connectivity index (χ4n) is 2.13. The van der Waals surface area contributed by atoms with Gasteiger partial charge in [-0.05, 0) is 38.9 Å². The molecule has 0 bridgehead atoms. The van der Waals surface area contributed by atoms with Crippen molar-refractivity contribution in [3.63, 3.8) is 0 Å². The van der Waals surface area contributed by atoms with Crippen LogP contribution in [0.3, 0.4) is 0 Å². The van der Waals surface area contributed by atoms with Crippen molar-refractivity contribution >= 4 is 0 Å². The lowest BCUT2D eigenvalue weighted by atomic mass is 10.1. The minimum Gasteiger partial charge on any atom is -0.381 e. The first kappa shape index (κ1) is 15.9. The smallest absolute Gasteiger partial charge is 0.0571 e. The van der Waals surface area contributed by atoms with E-state index in [0.717, 1.165) is 0 Å². The number of hydrogen-bond donors (Lipinski definition) is 0. The van der Waals surface area contributed by atoms with Gasteiger partial charge < -0.3 is 9.64 Å². The molecule has 1 unspecified atom stereocenters. The van der Waals surface area contributed by atoms with Gasteiger partial charge in [-0.3, -0.25) is 0 Å². The van der Waals surface area contributed by atoms with Crippen molar-refractivity contribution in [3.8, 4) is 0 Å². The van der Waals surface area contributed by atoms with Gasteiger partial charge in [0.15, 0.2) is 0 Å². The van der Waals surface area contributed by atoms with Gasteiger partial charge in [-0.1, -0.05) is 40.0 Å². The highest BCUT2D eigenvalue weighted by molar-refractivity contribution is 4.58. The molecule has 0 saturated carbocycles. The van der Waals surface area contributed by atoms with E-state index in [1.165, 1.54) is 58.2 Å². The third-order valence-corrected chi connectivity index (χ3v) is 3.34. The first-order valence-corrected chi connectivity index (χ1v) is 7.03. The van der Waals surface area contributed by atoms with Crippen LogP contribution < -0.4 is 0 Å². The lowest BCUT2D eigenvalue weighted by Gasteiger charge is -2.18. The summed E-state index contributed by atoms with van der Waals surface area (Å²) in [4.78, 5) is 2.50. The molecule has 0 rings (SSSR count). The summed E-state index contributed by atoms with van der Waals surface area (Å²) < 4.78 is 5.45. The molecule has 0 radical (unpaired) electrons. The molecule has 98 valence electrons. The molecule has 0 aromatic heterocycles. The van der Waals surface area contributed by atoms with E-state index in [-0.39, 0.29) is 0 Å². The maximum atomic E-state index is 5.45. The van der Waals surface area contributed by atoms with E-state index in [2.05, 4.69) is 25.7 Å². The molecular weight excluding hydrogens is 198 g/mol. The monoisotopic (exact) mass is 229 g/mol. The minimum absolute atomic E-state index is 0.499. The third kappa shape index (κ3) is 8.12. The molecule has 2 nitrogen and oxygen atoms in total. The summed E-state index contributed by atoms with van der Waals surface area (Å²) >= 11 is 0. The van der Waals surface area contributed by atoms with Crippen LogP contribution in [-0.2, 0) is 4.74 Å². The van der Waals surface area contributed by atoms with Crippen molar-refractivity contribution < 1.29 is 4.74 Å². The van der Waals surface area contributed by atoms with Gasteiger partial charge in [0.05, 0.1) is 6.10 Å². The zero-order valence-electron chi connectivity index (χ0n) is 11.8. The van der Waals surface area contributed by atoms with Crippen LogP contribution in [0.4, 0.5) is 0 Å². The highest BCUT2D eigenvalue weighted by atomic mass is 16.5. The molecule has 0 N–H and O–H groups in total. The number of methoxy groups -OCH3 is 1. The van der Waals surface area contributed by atoms with Gasteiger partial charge in [0.25, 0.3) is 0 Å². The highest BCUT2D eigenvalue weighted by Gasteiger charge is 2.05. The van der Waals surface area contributed by atoms with E-state index in [0.29, 0.717) is 6.10 Å². The van der Waals surface area contributed by atoms with Crippen molar-refractivity contribution in [3.05, 3.63) is 0 Å². The van der Waals surface area contributed by atoms with Gasteiger partial charge >= 0.3 is 0 Å². The van der Waals surface area contributed by atoms with E-state index in [1.807, 2.05) is 7.11 Å². The molecule has 0 amide bonds. The van der Waals surface area contributed by atoms with Crippen LogP contribution in [0.5, 0.6) is 0 Å². The summed E-state index contributed by atoms with van der Waals surface area (Å²) in [6.07, 6.45) is 8.19. The van der Waals surface area contributed by atoms with Gasteiger partial charge in [-0.2, -0.15) is 0 Å². The Labute approximate surface area is 102 Å². The molecule has 0 aliphatic rings. The molecule has 0 saturated heterocycles. The zero-order chi connectivity index (χ0) is 12.2. The Bertz CT molecular complexity index is 135. The molecule has 0 aromatic rings. The maximum Gasteiger partial charge on any atom is 0.0571 e. The Hall–Kier alpha value is -0.0800. The molecule has 0 fully saturated rings. The second kappa shape index (κ2) is 11.4. The predicted octanol–water partition coefficient (Wildman–Crippen LogP) is 3.70. The predicted molar refractivity (Wildman–Crippen MR) is 72.0 cm³/mol. The number of unbranched alkanes of at least 4 members (excludes halogenated alkanes) is 2. The molecule has 2 heteroatoms. The number of ether oxygens (including phenoxy) is 1. The number of rotatable bonds is 11. The molecule has 0 spiro atoms. The number of hydrogen-bond acceptors (Lipinski definition) is 2.